The first kappa shape index (κ1) is 31.9. The van der Waals surface area contributed by atoms with Crippen molar-refractivity contribution >= 4 is 59.3 Å². The first-order valence-electron chi connectivity index (χ1n) is 15.4. The molecule has 2 saturated heterocycles. The van der Waals surface area contributed by atoms with Crippen molar-refractivity contribution in [2.75, 3.05) is 62.2 Å². The van der Waals surface area contributed by atoms with E-state index in [2.05, 4.69) is 9.97 Å². The molecule has 1 aromatic heterocycles. The zero-order chi connectivity index (χ0) is 33.5. The molecule has 2 aliphatic heterocycles. The number of hydrogen-bond donors (Lipinski definition) is 2. The molecule has 13 nitrogen and oxygen atoms in total. The van der Waals surface area contributed by atoms with Crippen molar-refractivity contribution in [1.29, 1.82) is 0 Å². The Balaban J connectivity index is 1.06. The number of rotatable bonds is 7. The van der Waals surface area contributed by atoms with Crippen LogP contribution in [-0.4, -0.2) is 98.9 Å². The third-order valence-electron chi connectivity index (χ3n) is 8.88. The monoisotopic (exact) mass is 687 g/mol. The number of piperazine rings is 2. The molecule has 2 aliphatic rings. The van der Waals surface area contributed by atoms with Gasteiger partial charge in [0.05, 0.1) is 9.79 Å². The van der Waals surface area contributed by atoms with Gasteiger partial charge in [-0.15, -0.1) is 0 Å². The summed E-state index contributed by atoms with van der Waals surface area (Å²) in [6.07, 6.45) is 1.32. The normalized spacial score (nSPS) is 16.8. The van der Waals surface area contributed by atoms with Crippen molar-refractivity contribution in [3.63, 3.8) is 0 Å². The minimum absolute atomic E-state index is 0.0320. The molecular formula is C33H33N7O6S2. The van der Waals surface area contributed by atoms with Crippen LogP contribution in [-0.2, 0) is 20.0 Å². The number of carbonyl (C=O) groups is 1. The van der Waals surface area contributed by atoms with Crippen molar-refractivity contribution in [3.8, 4) is 0 Å². The lowest BCUT2D eigenvalue weighted by Gasteiger charge is -2.37. The van der Waals surface area contributed by atoms with Gasteiger partial charge in [-0.25, -0.2) is 27.3 Å². The average Bonchev–Trinajstić information content (AvgIpc) is 3.14. The first-order valence-corrected chi connectivity index (χ1v) is 18.3. The molecule has 0 atom stereocenters. The van der Waals surface area contributed by atoms with Gasteiger partial charge in [-0.1, -0.05) is 60.7 Å². The van der Waals surface area contributed by atoms with Gasteiger partial charge < -0.3 is 9.80 Å². The summed E-state index contributed by atoms with van der Waals surface area (Å²) in [6, 6.07) is 25.3. The van der Waals surface area contributed by atoms with Crippen LogP contribution in [0.3, 0.4) is 0 Å². The molecule has 0 spiro atoms. The quantitative estimate of drug-likeness (QED) is 0.193. The van der Waals surface area contributed by atoms with Crippen LogP contribution in [0, 0.1) is 0 Å². The Labute approximate surface area is 278 Å². The van der Waals surface area contributed by atoms with Crippen LogP contribution in [0.25, 0.3) is 21.5 Å². The van der Waals surface area contributed by atoms with Crippen LogP contribution in [0.1, 0.15) is 10.4 Å². The van der Waals surface area contributed by atoms with E-state index in [4.69, 9.17) is 0 Å². The lowest BCUT2D eigenvalue weighted by atomic mass is 10.1. The molecule has 0 saturated carbocycles. The van der Waals surface area contributed by atoms with Gasteiger partial charge in [0.1, 0.15) is 11.4 Å². The van der Waals surface area contributed by atoms with E-state index >= 15 is 0 Å². The Morgan fingerprint density at radius 2 is 1.08 bits per heavy atom. The van der Waals surface area contributed by atoms with E-state index in [1.807, 2.05) is 53.4 Å². The summed E-state index contributed by atoms with van der Waals surface area (Å²) < 4.78 is 56.9. The number of carbonyl (C=O) groups excluding carboxylic acids is 1. The molecule has 248 valence electrons. The van der Waals surface area contributed by atoms with E-state index in [1.54, 1.807) is 46.8 Å². The SMILES string of the molecule is O=C(NO)c1cnc(N2CCN(S(=O)(=O)c3ccc4ccccc4c3)CC2)nc1N1CCN(S(=O)(=O)c2ccc3ccccc3c2)CC1. The maximum absolute atomic E-state index is 13.5. The van der Waals surface area contributed by atoms with E-state index in [0.29, 0.717) is 19.0 Å². The zero-order valence-corrected chi connectivity index (χ0v) is 27.4. The van der Waals surface area contributed by atoms with E-state index in [0.717, 1.165) is 21.5 Å². The summed E-state index contributed by atoms with van der Waals surface area (Å²) in [5.74, 6) is -0.247. The van der Waals surface area contributed by atoms with Gasteiger partial charge in [-0.3, -0.25) is 10.0 Å². The summed E-state index contributed by atoms with van der Waals surface area (Å²) in [5, 5.41) is 13.0. The zero-order valence-electron chi connectivity index (χ0n) is 25.8. The molecule has 15 heteroatoms. The molecule has 3 heterocycles. The molecule has 0 radical (unpaired) electrons. The Hall–Kier alpha value is -4.67. The third-order valence-corrected chi connectivity index (χ3v) is 12.7. The van der Waals surface area contributed by atoms with Gasteiger partial charge in [0.2, 0.25) is 26.0 Å². The molecule has 1 amide bonds. The lowest BCUT2D eigenvalue weighted by Crippen LogP contribution is -2.50. The van der Waals surface area contributed by atoms with Gasteiger partial charge >= 0.3 is 0 Å². The van der Waals surface area contributed by atoms with E-state index in [9.17, 15) is 26.8 Å². The van der Waals surface area contributed by atoms with Crippen LogP contribution in [0.4, 0.5) is 11.8 Å². The number of aromatic nitrogens is 2. The maximum Gasteiger partial charge on any atom is 0.279 e. The Morgan fingerprint density at radius 1 is 0.625 bits per heavy atom. The van der Waals surface area contributed by atoms with Crippen molar-refractivity contribution in [3.05, 3.63) is 96.7 Å². The van der Waals surface area contributed by atoms with Crippen LogP contribution < -0.4 is 15.3 Å². The second kappa shape index (κ2) is 12.7. The molecule has 5 aromatic rings. The molecule has 0 aliphatic carbocycles. The highest BCUT2D eigenvalue weighted by Crippen LogP contribution is 2.28. The molecule has 2 fully saturated rings. The van der Waals surface area contributed by atoms with Gasteiger partial charge in [0.15, 0.2) is 0 Å². The Morgan fingerprint density at radius 3 is 1.56 bits per heavy atom. The summed E-state index contributed by atoms with van der Waals surface area (Å²) in [5.41, 5.74) is 1.67. The Bertz CT molecular complexity index is 2230. The van der Waals surface area contributed by atoms with Gasteiger partial charge in [-0.05, 0) is 45.8 Å². The van der Waals surface area contributed by atoms with E-state index in [-0.39, 0.29) is 60.4 Å². The highest BCUT2D eigenvalue weighted by molar-refractivity contribution is 7.89. The number of sulfonamides is 2. The van der Waals surface area contributed by atoms with Crippen LogP contribution >= 0.6 is 0 Å². The summed E-state index contributed by atoms with van der Waals surface area (Å²) in [7, 11) is -7.50. The summed E-state index contributed by atoms with van der Waals surface area (Å²) in [4.78, 5) is 25.7. The first-order chi connectivity index (χ1) is 23.1. The smallest absolute Gasteiger partial charge is 0.279 e. The molecule has 48 heavy (non-hydrogen) atoms. The number of nitrogens with zero attached hydrogens (tertiary/aromatic N) is 6. The predicted molar refractivity (Wildman–Crippen MR) is 181 cm³/mol. The molecule has 4 aromatic carbocycles. The van der Waals surface area contributed by atoms with E-state index in [1.165, 1.54) is 14.8 Å². The largest absolute Gasteiger partial charge is 0.353 e. The predicted octanol–water partition coefficient (Wildman–Crippen LogP) is 2.92. The fraction of sp³-hybridized carbons (Fsp3) is 0.242. The number of anilines is 2. The number of hydroxylamine groups is 1. The van der Waals surface area contributed by atoms with Crippen LogP contribution in [0.2, 0.25) is 0 Å². The van der Waals surface area contributed by atoms with Crippen molar-refractivity contribution < 1.29 is 26.8 Å². The number of fused-ring (bicyclic) bond motifs is 2. The standard InChI is InChI=1S/C33H33N7O6S2/c41-32(36-42)30-23-34-33(38-15-19-40(20-16-38)48(45,46)29-12-10-25-6-2-4-8-27(25)22-29)35-31(30)37-13-17-39(18-14-37)47(43,44)28-11-9-24-5-1-3-7-26(24)21-28/h1-12,21-23,42H,13-20H2,(H,36,41). The third kappa shape index (κ3) is 5.95. The lowest BCUT2D eigenvalue weighted by molar-refractivity contribution is 0.0706. The minimum atomic E-state index is -3.77. The Kier molecular flexibility index (Phi) is 8.47. The highest BCUT2D eigenvalue weighted by Gasteiger charge is 2.33. The molecular weight excluding hydrogens is 655 g/mol. The number of nitrogens with one attached hydrogen (secondary N) is 1. The van der Waals surface area contributed by atoms with Gasteiger partial charge in [0, 0.05) is 58.6 Å². The number of amides is 1. The fourth-order valence-electron chi connectivity index (χ4n) is 6.20. The summed E-state index contributed by atoms with van der Waals surface area (Å²) in [6.45, 7) is 1.83. The second-order valence-electron chi connectivity index (χ2n) is 11.6. The maximum atomic E-state index is 13.5. The minimum Gasteiger partial charge on any atom is -0.353 e. The van der Waals surface area contributed by atoms with Gasteiger partial charge in [0.25, 0.3) is 5.91 Å². The van der Waals surface area contributed by atoms with Crippen molar-refractivity contribution in [1.82, 2.24) is 24.1 Å². The van der Waals surface area contributed by atoms with E-state index < -0.39 is 26.0 Å². The van der Waals surface area contributed by atoms with Crippen LogP contribution in [0.15, 0.2) is 101 Å². The fourth-order valence-corrected chi connectivity index (χ4v) is 9.12. The topological polar surface area (TPSA) is 156 Å². The highest BCUT2D eigenvalue weighted by atomic mass is 32.2. The average molecular weight is 688 g/mol. The van der Waals surface area contributed by atoms with Crippen molar-refractivity contribution in [2.45, 2.75) is 9.79 Å². The molecule has 0 bridgehead atoms. The van der Waals surface area contributed by atoms with Crippen molar-refractivity contribution in [2.24, 2.45) is 0 Å². The summed E-state index contributed by atoms with van der Waals surface area (Å²) >= 11 is 0. The second-order valence-corrected chi connectivity index (χ2v) is 15.5. The van der Waals surface area contributed by atoms with Gasteiger partial charge in [-0.2, -0.15) is 13.6 Å². The number of hydrogen-bond acceptors (Lipinski definition) is 10. The molecule has 7 rings (SSSR count). The number of benzene rings is 4. The molecule has 0 unspecified atom stereocenters. The molecule has 2 N–H and O–H groups in total. The van der Waals surface area contributed by atoms with Crippen LogP contribution in [0.5, 0.6) is 0 Å².